The smallest absolute Gasteiger partial charge is 0.333 e. The monoisotopic (exact) mass is 594 g/mol. The summed E-state index contributed by atoms with van der Waals surface area (Å²) in [5.74, 6) is -3.45. The summed E-state index contributed by atoms with van der Waals surface area (Å²) in [5.41, 5.74) is -3.78. The molecule has 4 rings (SSSR count). The fourth-order valence-corrected chi connectivity index (χ4v) is 7.70. The zero-order valence-electron chi connectivity index (χ0n) is 26.1. The molecule has 4 aliphatic carbocycles. The summed E-state index contributed by atoms with van der Waals surface area (Å²) in [7, 11) is 0. The Kier molecular flexibility index (Phi) is 9.55. The van der Waals surface area contributed by atoms with Crippen molar-refractivity contribution in [3.05, 3.63) is 71.4 Å². The number of unbranched alkanes of at least 4 members (excludes halogenated alkanes) is 2. The molecule has 2 saturated carbocycles. The molecule has 0 aliphatic heterocycles. The van der Waals surface area contributed by atoms with E-state index in [0.717, 1.165) is 19.3 Å². The molecule has 234 valence electrons. The molecule has 43 heavy (non-hydrogen) atoms. The van der Waals surface area contributed by atoms with Gasteiger partial charge in [0, 0.05) is 29.4 Å². The highest BCUT2D eigenvalue weighted by atomic mass is 16.6. The average molecular weight is 595 g/mol. The number of rotatable bonds is 10. The predicted molar refractivity (Wildman–Crippen MR) is 162 cm³/mol. The topological polar surface area (TPSA) is 130 Å². The van der Waals surface area contributed by atoms with Crippen molar-refractivity contribution in [2.75, 3.05) is 6.61 Å². The van der Waals surface area contributed by atoms with E-state index < -0.39 is 65.1 Å². The Hall–Kier alpha value is -3.07. The van der Waals surface area contributed by atoms with Crippen LogP contribution >= 0.6 is 0 Å². The first-order valence-corrected chi connectivity index (χ1v) is 15.4. The van der Waals surface area contributed by atoms with E-state index in [1.165, 1.54) is 18.2 Å². The number of fused-ring (bicyclic) bond motifs is 3. The van der Waals surface area contributed by atoms with Crippen molar-refractivity contribution in [1.82, 2.24) is 0 Å². The van der Waals surface area contributed by atoms with E-state index >= 15 is 0 Å². The molecule has 9 unspecified atom stereocenters. The Labute approximate surface area is 254 Å². The second kappa shape index (κ2) is 12.5. The third kappa shape index (κ3) is 5.32. The van der Waals surface area contributed by atoms with Gasteiger partial charge in [0.05, 0.1) is 12.0 Å². The normalized spacial score (nSPS) is 38.8. The standard InChI is InChI=1S/C35H46O8/c1-7-9-10-11-12-13-14-15-16-27(37)42-31-22(4)19-34-23(5)17-26-28(33(26,6)43-32(40)21(3)8-2)25(30(34)39)18-24(20-36)29(38)35(31,34)41/h8,11-16,18-19,23,25-26,28-29,31,36,38,41H,7,9-10,17,20H2,1-6H3. The summed E-state index contributed by atoms with van der Waals surface area (Å²) in [5, 5.41) is 34.5. The van der Waals surface area contributed by atoms with E-state index in [9.17, 15) is 29.7 Å². The average Bonchev–Trinajstić information content (AvgIpc) is 3.49. The first-order chi connectivity index (χ1) is 20.3. The van der Waals surface area contributed by atoms with Crippen LogP contribution in [0, 0.1) is 29.1 Å². The van der Waals surface area contributed by atoms with E-state index in [1.807, 2.05) is 26.0 Å². The van der Waals surface area contributed by atoms with Crippen molar-refractivity contribution in [2.24, 2.45) is 29.1 Å². The molecule has 3 N–H and O–H groups in total. The molecule has 0 heterocycles. The van der Waals surface area contributed by atoms with Crippen LogP contribution in [0.1, 0.15) is 67.2 Å². The lowest BCUT2D eigenvalue weighted by atomic mass is 9.59. The highest BCUT2D eigenvalue weighted by molar-refractivity contribution is 5.96. The number of hydrogen-bond acceptors (Lipinski definition) is 8. The van der Waals surface area contributed by atoms with Crippen LogP contribution in [0.5, 0.6) is 0 Å². The van der Waals surface area contributed by atoms with Crippen LogP contribution in [0.2, 0.25) is 0 Å². The third-order valence-electron chi connectivity index (χ3n) is 10.2. The van der Waals surface area contributed by atoms with E-state index in [2.05, 4.69) is 6.92 Å². The molecule has 0 saturated heterocycles. The van der Waals surface area contributed by atoms with Crippen LogP contribution < -0.4 is 0 Å². The van der Waals surface area contributed by atoms with Crippen molar-refractivity contribution < 1.29 is 39.2 Å². The van der Waals surface area contributed by atoms with Crippen LogP contribution in [-0.2, 0) is 23.9 Å². The molecule has 0 aromatic heterocycles. The summed E-state index contributed by atoms with van der Waals surface area (Å²) in [6.07, 6.45) is 15.7. The van der Waals surface area contributed by atoms with Gasteiger partial charge in [0.15, 0.2) is 17.5 Å². The Balaban J connectivity index is 1.65. The van der Waals surface area contributed by atoms with Crippen molar-refractivity contribution in [2.45, 2.75) is 90.6 Å². The Morgan fingerprint density at radius 1 is 1.19 bits per heavy atom. The number of ketones is 1. The molecule has 2 bridgehead atoms. The number of carbonyl (C=O) groups is 3. The Morgan fingerprint density at radius 3 is 2.53 bits per heavy atom. The number of aliphatic hydroxyl groups is 3. The van der Waals surface area contributed by atoms with Crippen molar-refractivity contribution in [3.63, 3.8) is 0 Å². The highest BCUT2D eigenvalue weighted by Gasteiger charge is 2.78. The molecule has 0 aromatic rings. The van der Waals surface area contributed by atoms with Gasteiger partial charge < -0.3 is 24.8 Å². The van der Waals surface area contributed by atoms with Gasteiger partial charge >= 0.3 is 11.9 Å². The number of carbonyl (C=O) groups excluding carboxylic acids is 3. The van der Waals surface area contributed by atoms with Gasteiger partial charge in [-0.3, -0.25) is 4.79 Å². The van der Waals surface area contributed by atoms with Crippen LogP contribution in [0.25, 0.3) is 0 Å². The summed E-state index contributed by atoms with van der Waals surface area (Å²) in [4.78, 5) is 40.3. The summed E-state index contributed by atoms with van der Waals surface area (Å²) < 4.78 is 11.7. The van der Waals surface area contributed by atoms with Crippen LogP contribution in [0.15, 0.2) is 71.4 Å². The minimum absolute atomic E-state index is 0.0678. The number of ether oxygens (including phenoxy) is 2. The van der Waals surface area contributed by atoms with Gasteiger partial charge in [0.1, 0.15) is 11.7 Å². The molecule has 9 atom stereocenters. The molecule has 1 spiro atoms. The number of hydrogen-bond donors (Lipinski definition) is 3. The zero-order chi connectivity index (χ0) is 31.7. The maximum absolute atomic E-state index is 14.6. The van der Waals surface area contributed by atoms with Gasteiger partial charge in [0.2, 0.25) is 0 Å². The molecule has 8 nitrogen and oxygen atoms in total. The number of aliphatic hydroxyl groups excluding tert-OH is 2. The maximum atomic E-state index is 14.6. The summed E-state index contributed by atoms with van der Waals surface area (Å²) in [6, 6.07) is 0. The lowest BCUT2D eigenvalue weighted by Gasteiger charge is -2.48. The fourth-order valence-electron chi connectivity index (χ4n) is 7.70. The van der Waals surface area contributed by atoms with Crippen LogP contribution in [0.4, 0.5) is 0 Å². The van der Waals surface area contributed by atoms with Gasteiger partial charge in [-0.15, -0.1) is 0 Å². The summed E-state index contributed by atoms with van der Waals surface area (Å²) >= 11 is 0. The maximum Gasteiger partial charge on any atom is 0.333 e. The second-order valence-corrected chi connectivity index (χ2v) is 12.7. The fraction of sp³-hybridized carbons (Fsp3) is 0.571. The van der Waals surface area contributed by atoms with Gasteiger partial charge in [-0.1, -0.05) is 75.3 Å². The van der Waals surface area contributed by atoms with Crippen LogP contribution in [-0.4, -0.2) is 63.1 Å². The molecule has 0 aromatic carbocycles. The van der Waals surface area contributed by atoms with Crippen molar-refractivity contribution in [3.8, 4) is 0 Å². The Bertz CT molecular complexity index is 1320. The highest BCUT2D eigenvalue weighted by Crippen LogP contribution is 2.69. The minimum atomic E-state index is -2.25. The quantitative estimate of drug-likeness (QED) is 0.111. The van der Waals surface area contributed by atoms with E-state index in [-0.39, 0.29) is 17.3 Å². The van der Waals surface area contributed by atoms with Crippen molar-refractivity contribution in [1.29, 1.82) is 0 Å². The largest absolute Gasteiger partial charge is 0.455 e. The molecule has 8 heteroatoms. The van der Waals surface area contributed by atoms with E-state index in [0.29, 0.717) is 17.6 Å². The molecule has 0 radical (unpaired) electrons. The zero-order valence-corrected chi connectivity index (χ0v) is 26.1. The molecular formula is C35H46O8. The third-order valence-corrected chi connectivity index (χ3v) is 10.2. The Morgan fingerprint density at radius 2 is 1.88 bits per heavy atom. The minimum Gasteiger partial charge on any atom is -0.455 e. The van der Waals surface area contributed by atoms with Gasteiger partial charge in [-0.05, 0) is 57.6 Å². The first-order valence-electron chi connectivity index (χ1n) is 15.4. The molecule has 2 fully saturated rings. The second-order valence-electron chi connectivity index (χ2n) is 12.7. The lowest BCUT2D eigenvalue weighted by Crippen LogP contribution is -2.65. The SMILES string of the molecule is CC=C(C)C(=O)OC1(C)C2CC(C)C34C=C(C)C(OC(=O)C=CC=CC=CCCCC)C3(O)C(O)C(CO)=CC(C4=O)C21. The van der Waals surface area contributed by atoms with E-state index in [1.54, 1.807) is 45.1 Å². The van der Waals surface area contributed by atoms with Gasteiger partial charge in [0.25, 0.3) is 0 Å². The number of Topliss-reactive ketones (excluding diaryl/α,β-unsaturated/α-hetero) is 1. The molecule has 4 aliphatic rings. The lowest BCUT2D eigenvalue weighted by molar-refractivity contribution is -0.201. The predicted octanol–water partition coefficient (Wildman–Crippen LogP) is 4.47. The van der Waals surface area contributed by atoms with Gasteiger partial charge in [-0.2, -0.15) is 0 Å². The van der Waals surface area contributed by atoms with E-state index in [4.69, 9.17) is 9.47 Å². The first kappa shape index (κ1) is 32.8. The number of allylic oxidation sites excluding steroid dienone is 7. The summed E-state index contributed by atoms with van der Waals surface area (Å²) in [6.45, 7) is 10.3. The van der Waals surface area contributed by atoms with Crippen LogP contribution in [0.3, 0.4) is 0 Å². The molecular weight excluding hydrogens is 548 g/mol. The van der Waals surface area contributed by atoms with Crippen molar-refractivity contribution >= 4 is 17.7 Å². The van der Waals surface area contributed by atoms with Gasteiger partial charge in [-0.25, -0.2) is 9.59 Å². The number of esters is 2. The molecule has 0 amide bonds.